The van der Waals surface area contributed by atoms with E-state index in [2.05, 4.69) is 24.5 Å². The van der Waals surface area contributed by atoms with Crippen LogP contribution in [0.5, 0.6) is 0 Å². The summed E-state index contributed by atoms with van der Waals surface area (Å²) in [5.41, 5.74) is 6.81. The van der Waals surface area contributed by atoms with E-state index in [1.54, 1.807) is 6.92 Å². The van der Waals surface area contributed by atoms with Gasteiger partial charge in [-0.1, -0.05) is 32.4 Å². The lowest BCUT2D eigenvalue weighted by molar-refractivity contribution is -0.153. The van der Waals surface area contributed by atoms with Crippen molar-refractivity contribution in [3.63, 3.8) is 0 Å². The summed E-state index contributed by atoms with van der Waals surface area (Å²) in [6.07, 6.45) is 1.50. The molecule has 1 atom stereocenters. The van der Waals surface area contributed by atoms with Crippen LogP contribution in [0.25, 0.3) is 0 Å². The second kappa shape index (κ2) is 11.1. The van der Waals surface area contributed by atoms with Crippen LogP contribution in [-0.4, -0.2) is 30.6 Å². The summed E-state index contributed by atoms with van der Waals surface area (Å²) >= 11 is 0. The molecular formula is C19H29N3O4. The van der Waals surface area contributed by atoms with Crippen LogP contribution in [0, 0.1) is 0 Å². The summed E-state index contributed by atoms with van der Waals surface area (Å²) in [5, 5.41) is 5.22. The molecule has 0 spiro atoms. The predicted molar refractivity (Wildman–Crippen MR) is 101 cm³/mol. The van der Waals surface area contributed by atoms with Gasteiger partial charge in [-0.2, -0.15) is 0 Å². The highest BCUT2D eigenvalue weighted by molar-refractivity contribution is 5.95. The number of hydrogen-bond donors (Lipinski definition) is 3. The maximum absolute atomic E-state index is 12.1. The molecule has 0 aromatic heterocycles. The first-order valence-corrected chi connectivity index (χ1v) is 8.93. The fourth-order valence-corrected chi connectivity index (χ4v) is 2.29. The Morgan fingerprint density at radius 3 is 2.27 bits per heavy atom. The summed E-state index contributed by atoms with van der Waals surface area (Å²) in [6, 6.07) is 7.04. The van der Waals surface area contributed by atoms with Crippen molar-refractivity contribution in [1.82, 2.24) is 5.32 Å². The van der Waals surface area contributed by atoms with Gasteiger partial charge in [0.2, 0.25) is 0 Å². The lowest BCUT2D eigenvalue weighted by Crippen LogP contribution is -2.30. The van der Waals surface area contributed by atoms with Crippen LogP contribution in [0.1, 0.15) is 57.9 Å². The Hall–Kier alpha value is -2.57. The van der Waals surface area contributed by atoms with Gasteiger partial charge in [0.05, 0.1) is 0 Å². The molecule has 0 aliphatic rings. The molecule has 7 heteroatoms. The minimum absolute atomic E-state index is 0.233. The molecule has 0 saturated carbocycles. The first-order chi connectivity index (χ1) is 12.3. The molecule has 0 aliphatic heterocycles. The largest absolute Gasteiger partial charge is 0.453 e. The number of primary amides is 1. The van der Waals surface area contributed by atoms with Crippen molar-refractivity contribution in [1.29, 1.82) is 0 Å². The number of esters is 1. The minimum atomic E-state index is -0.858. The zero-order valence-electron chi connectivity index (χ0n) is 15.7. The van der Waals surface area contributed by atoms with Gasteiger partial charge in [-0.15, -0.1) is 0 Å². The van der Waals surface area contributed by atoms with Gasteiger partial charge in [0.15, 0.2) is 6.10 Å². The van der Waals surface area contributed by atoms with Crippen LogP contribution in [0.3, 0.4) is 0 Å². The normalized spacial score (nSPS) is 11.7. The number of rotatable bonds is 10. The van der Waals surface area contributed by atoms with Crippen molar-refractivity contribution < 1.29 is 19.1 Å². The third-order valence-electron chi connectivity index (χ3n) is 3.88. The number of hydrogen-bond acceptors (Lipinski definition) is 4. The Bertz CT molecular complexity index is 599. The number of carbonyl (C=O) groups is 3. The monoisotopic (exact) mass is 363 g/mol. The molecule has 0 radical (unpaired) electrons. The van der Waals surface area contributed by atoms with Gasteiger partial charge in [-0.05, 0) is 43.4 Å². The van der Waals surface area contributed by atoms with E-state index in [-0.39, 0.29) is 12.3 Å². The van der Waals surface area contributed by atoms with Crippen LogP contribution in [0.4, 0.5) is 10.5 Å². The maximum atomic E-state index is 12.1. The third-order valence-corrected chi connectivity index (χ3v) is 3.88. The fourth-order valence-electron chi connectivity index (χ4n) is 2.29. The molecule has 0 unspecified atom stereocenters. The van der Waals surface area contributed by atoms with Gasteiger partial charge in [0.25, 0.3) is 5.91 Å². The van der Waals surface area contributed by atoms with Gasteiger partial charge < -0.3 is 21.1 Å². The zero-order valence-corrected chi connectivity index (χ0v) is 15.7. The lowest BCUT2D eigenvalue weighted by Gasteiger charge is -2.14. The summed E-state index contributed by atoms with van der Waals surface area (Å²) < 4.78 is 5.15. The molecule has 1 aromatic carbocycles. The highest BCUT2D eigenvalue weighted by Gasteiger charge is 2.17. The van der Waals surface area contributed by atoms with Crippen molar-refractivity contribution in [2.24, 2.45) is 5.73 Å². The molecule has 0 heterocycles. The number of carbonyl (C=O) groups excluding carboxylic acids is 3. The molecule has 0 saturated heterocycles. The van der Waals surface area contributed by atoms with Crippen LogP contribution in [-0.2, 0) is 14.3 Å². The number of benzene rings is 1. The standard InChI is InChI=1S/C19H29N3O4/c1-13(2)15-8-10-16(11-9-15)22-18(24)14(3)26-17(23)7-5-4-6-12-21-19(20)25/h8-11,13-14H,4-7,12H2,1-3H3,(H,22,24)(H3,20,21,25)/t14-/m1/s1. The van der Waals surface area contributed by atoms with Gasteiger partial charge in [-0.3, -0.25) is 9.59 Å². The smallest absolute Gasteiger partial charge is 0.312 e. The van der Waals surface area contributed by atoms with E-state index >= 15 is 0 Å². The molecule has 144 valence electrons. The van der Waals surface area contributed by atoms with Gasteiger partial charge in [-0.25, -0.2) is 4.79 Å². The maximum Gasteiger partial charge on any atom is 0.312 e. The number of nitrogens with two attached hydrogens (primary N) is 1. The highest BCUT2D eigenvalue weighted by atomic mass is 16.5. The third kappa shape index (κ3) is 8.50. The van der Waals surface area contributed by atoms with E-state index in [9.17, 15) is 14.4 Å². The van der Waals surface area contributed by atoms with E-state index in [1.165, 1.54) is 5.56 Å². The number of anilines is 1. The minimum Gasteiger partial charge on any atom is -0.453 e. The van der Waals surface area contributed by atoms with E-state index in [4.69, 9.17) is 10.5 Å². The average molecular weight is 363 g/mol. The van der Waals surface area contributed by atoms with Crippen LogP contribution < -0.4 is 16.4 Å². The molecule has 1 rings (SSSR count). The molecule has 0 bridgehead atoms. The second-order valence-electron chi connectivity index (χ2n) is 6.50. The SMILES string of the molecule is CC(C)c1ccc(NC(=O)[C@@H](C)OC(=O)CCCCCNC(N)=O)cc1. The van der Waals surface area contributed by atoms with E-state index < -0.39 is 18.1 Å². The van der Waals surface area contributed by atoms with Crippen molar-refractivity contribution in [3.8, 4) is 0 Å². The van der Waals surface area contributed by atoms with Crippen molar-refractivity contribution in [3.05, 3.63) is 29.8 Å². The van der Waals surface area contributed by atoms with E-state index in [0.717, 1.165) is 12.8 Å². The molecule has 7 nitrogen and oxygen atoms in total. The molecule has 3 amide bonds. The average Bonchev–Trinajstić information content (AvgIpc) is 2.58. The molecule has 4 N–H and O–H groups in total. The molecule has 1 aromatic rings. The van der Waals surface area contributed by atoms with Gasteiger partial charge in [0.1, 0.15) is 0 Å². The topological polar surface area (TPSA) is 111 Å². The summed E-state index contributed by atoms with van der Waals surface area (Å²) in [6.45, 7) is 6.23. The van der Waals surface area contributed by atoms with Crippen molar-refractivity contribution in [2.45, 2.75) is 58.5 Å². The number of nitrogens with one attached hydrogen (secondary N) is 2. The van der Waals surface area contributed by atoms with Gasteiger partial charge in [0, 0.05) is 18.7 Å². The zero-order chi connectivity index (χ0) is 19.5. The van der Waals surface area contributed by atoms with Gasteiger partial charge >= 0.3 is 12.0 Å². The Balaban J connectivity index is 2.28. The van der Waals surface area contributed by atoms with Crippen LogP contribution >= 0.6 is 0 Å². The Labute approximate surface area is 154 Å². The summed E-state index contributed by atoms with van der Waals surface area (Å²) in [5.74, 6) is -0.349. The Morgan fingerprint density at radius 2 is 1.69 bits per heavy atom. The molecule has 0 fully saturated rings. The molecule has 26 heavy (non-hydrogen) atoms. The molecule has 0 aliphatic carbocycles. The molecular weight excluding hydrogens is 334 g/mol. The summed E-state index contributed by atoms with van der Waals surface area (Å²) in [7, 11) is 0. The number of ether oxygens (including phenoxy) is 1. The van der Waals surface area contributed by atoms with E-state index in [0.29, 0.717) is 24.6 Å². The number of unbranched alkanes of at least 4 members (excludes halogenated alkanes) is 2. The Kier molecular flexibility index (Phi) is 9.19. The number of amides is 3. The fraction of sp³-hybridized carbons (Fsp3) is 0.526. The van der Waals surface area contributed by atoms with Crippen molar-refractivity contribution in [2.75, 3.05) is 11.9 Å². The summed E-state index contributed by atoms with van der Waals surface area (Å²) in [4.78, 5) is 34.4. The Morgan fingerprint density at radius 1 is 1.04 bits per heavy atom. The first kappa shape index (κ1) is 21.5. The predicted octanol–water partition coefficient (Wildman–Crippen LogP) is 2.91. The highest BCUT2D eigenvalue weighted by Crippen LogP contribution is 2.17. The van der Waals surface area contributed by atoms with Crippen molar-refractivity contribution >= 4 is 23.6 Å². The van der Waals surface area contributed by atoms with E-state index in [1.807, 2.05) is 24.3 Å². The lowest BCUT2D eigenvalue weighted by atomic mass is 10.0. The van der Waals surface area contributed by atoms with Crippen LogP contribution in [0.2, 0.25) is 0 Å². The number of urea groups is 1. The quantitative estimate of drug-likeness (QED) is 0.438. The van der Waals surface area contributed by atoms with Crippen LogP contribution in [0.15, 0.2) is 24.3 Å². The second-order valence-corrected chi connectivity index (χ2v) is 6.50. The first-order valence-electron chi connectivity index (χ1n) is 8.93.